The van der Waals surface area contributed by atoms with Gasteiger partial charge in [-0.3, -0.25) is 0 Å². The molecule has 0 bridgehead atoms. The van der Waals surface area contributed by atoms with Crippen molar-refractivity contribution in [3.8, 4) is 16.9 Å². The lowest BCUT2D eigenvalue weighted by Crippen LogP contribution is -2.38. The molecule has 1 atom stereocenters. The van der Waals surface area contributed by atoms with Gasteiger partial charge in [0.1, 0.15) is 11.4 Å². The van der Waals surface area contributed by atoms with Gasteiger partial charge in [0, 0.05) is 12.0 Å². The number of ether oxygens (including phenoxy) is 1. The lowest BCUT2D eigenvalue weighted by atomic mass is 9.85. The van der Waals surface area contributed by atoms with Crippen molar-refractivity contribution in [2.45, 2.75) is 38.7 Å². The number of rotatable bonds is 4. The first-order chi connectivity index (χ1) is 13.5. The number of benzene rings is 3. The molecule has 28 heavy (non-hydrogen) atoms. The van der Waals surface area contributed by atoms with Gasteiger partial charge in [-0.05, 0) is 49.4 Å². The quantitative estimate of drug-likeness (QED) is 0.640. The Hall–Kier alpha value is -3.07. The molecular formula is C25H24O3. The van der Waals surface area contributed by atoms with E-state index in [0.717, 1.165) is 36.1 Å². The van der Waals surface area contributed by atoms with Crippen LogP contribution in [0.3, 0.4) is 0 Å². The van der Waals surface area contributed by atoms with Crippen LogP contribution in [0, 0.1) is 6.92 Å². The lowest BCUT2D eigenvalue weighted by molar-refractivity contribution is 0.0661. The molecule has 0 saturated heterocycles. The molecule has 0 fully saturated rings. The molecule has 0 aliphatic carbocycles. The molecule has 3 nitrogen and oxygen atoms in total. The molecule has 1 heterocycles. The van der Waals surface area contributed by atoms with Gasteiger partial charge in [0.15, 0.2) is 0 Å². The third kappa shape index (κ3) is 3.53. The Balaban J connectivity index is 1.74. The predicted octanol–water partition coefficient (Wildman–Crippen LogP) is 5.69. The predicted molar refractivity (Wildman–Crippen MR) is 111 cm³/mol. The molecule has 142 valence electrons. The van der Waals surface area contributed by atoms with Crippen molar-refractivity contribution in [1.82, 2.24) is 0 Å². The second-order valence-electron chi connectivity index (χ2n) is 7.86. The Morgan fingerprint density at radius 1 is 1.04 bits per heavy atom. The fraction of sp³-hybridized carbons (Fsp3) is 0.240. The van der Waals surface area contributed by atoms with Crippen molar-refractivity contribution in [2.24, 2.45) is 0 Å². The van der Waals surface area contributed by atoms with Gasteiger partial charge in [-0.15, -0.1) is 0 Å². The van der Waals surface area contributed by atoms with Crippen molar-refractivity contribution in [1.29, 1.82) is 0 Å². The topological polar surface area (TPSA) is 46.5 Å². The summed E-state index contributed by atoms with van der Waals surface area (Å²) in [5.74, 6) is -0.107. The molecule has 0 amide bonds. The van der Waals surface area contributed by atoms with E-state index in [-0.39, 0.29) is 5.60 Å². The number of aryl methyl sites for hydroxylation is 2. The van der Waals surface area contributed by atoms with Gasteiger partial charge < -0.3 is 9.84 Å². The van der Waals surface area contributed by atoms with E-state index in [1.165, 1.54) is 11.1 Å². The van der Waals surface area contributed by atoms with Crippen LogP contribution in [0.1, 0.15) is 40.4 Å². The first-order valence-electron chi connectivity index (χ1n) is 9.64. The van der Waals surface area contributed by atoms with E-state index in [9.17, 15) is 9.90 Å². The Kier molecular flexibility index (Phi) is 4.68. The van der Waals surface area contributed by atoms with E-state index in [1.54, 1.807) is 12.1 Å². The highest BCUT2D eigenvalue weighted by molar-refractivity contribution is 5.97. The number of carboxylic acids is 1. The number of carboxylic acid groups (broad SMARTS) is 1. The minimum Gasteiger partial charge on any atom is -0.486 e. The molecule has 0 aromatic heterocycles. The molecule has 4 rings (SSSR count). The number of hydrogen-bond donors (Lipinski definition) is 1. The first kappa shape index (κ1) is 18.3. The molecular weight excluding hydrogens is 348 g/mol. The number of hydrogen-bond acceptors (Lipinski definition) is 2. The monoisotopic (exact) mass is 372 g/mol. The molecule has 3 heteroatoms. The van der Waals surface area contributed by atoms with Gasteiger partial charge in [-0.1, -0.05) is 66.2 Å². The number of carbonyl (C=O) groups is 1. The van der Waals surface area contributed by atoms with Crippen LogP contribution in [0.5, 0.6) is 5.75 Å². The molecule has 0 unspecified atom stereocenters. The summed E-state index contributed by atoms with van der Waals surface area (Å²) >= 11 is 0. The second kappa shape index (κ2) is 7.16. The third-order valence-corrected chi connectivity index (χ3v) is 5.48. The van der Waals surface area contributed by atoms with Crippen LogP contribution in [0.15, 0.2) is 66.7 Å². The number of fused-ring (bicyclic) bond motifs is 1. The Morgan fingerprint density at radius 3 is 2.57 bits per heavy atom. The summed E-state index contributed by atoms with van der Waals surface area (Å²) in [7, 11) is 0. The summed E-state index contributed by atoms with van der Waals surface area (Å²) in [5, 5.41) is 9.61. The van der Waals surface area contributed by atoms with Crippen molar-refractivity contribution in [2.75, 3.05) is 0 Å². The van der Waals surface area contributed by atoms with Gasteiger partial charge in [-0.2, -0.15) is 0 Å². The zero-order valence-corrected chi connectivity index (χ0v) is 16.2. The molecule has 3 aromatic rings. The maximum Gasteiger partial charge on any atom is 0.336 e. The van der Waals surface area contributed by atoms with E-state index in [2.05, 4.69) is 44.2 Å². The van der Waals surface area contributed by atoms with Crippen LogP contribution in [0.2, 0.25) is 0 Å². The van der Waals surface area contributed by atoms with Crippen LogP contribution in [-0.4, -0.2) is 16.7 Å². The largest absolute Gasteiger partial charge is 0.486 e. The number of aromatic carboxylic acids is 1. The summed E-state index contributed by atoms with van der Waals surface area (Å²) in [6, 6.07) is 21.7. The maximum absolute atomic E-state index is 11.7. The highest BCUT2D eigenvalue weighted by Gasteiger charge is 2.33. The second-order valence-corrected chi connectivity index (χ2v) is 7.86. The Morgan fingerprint density at radius 2 is 1.79 bits per heavy atom. The summed E-state index contributed by atoms with van der Waals surface area (Å²) in [5.41, 5.74) is 5.17. The van der Waals surface area contributed by atoms with Crippen LogP contribution < -0.4 is 4.74 Å². The average Bonchev–Trinajstić information content (AvgIpc) is 2.67. The van der Waals surface area contributed by atoms with E-state index < -0.39 is 5.97 Å². The van der Waals surface area contributed by atoms with Crippen LogP contribution >= 0.6 is 0 Å². The zero-order valence-electron chi connectivity index (χ0n) is 16.2. The maximum atomic E-state index is 11.7. The van der Waals surface area contributed by atoms with Gasteiger partial charge >= 0.3 is 5.97 Å². The Bertz CT molecular complexity index is 1040. The smallest absolute Gasteiger partial charge is 0.336 e. The molecule has 0 spiro atoms. The van der Waals surface area contributed by atoms with E-state index in [4.69, 9.17) is 4.74 Å². The normalized spacial score (nSPS) is 18.2. The fourth-order valence-electron chi connectivity index (χ4n) is 4.09. The highest BCUT2D eigenvalue weighted by atomic mass is 16.5. The van der Waals surface area contributed by atoms with Crippen molar-refractivity contribution < 1.29 is 14.6 Å². The van der Waals surface area contributed by atoms with E-state index in [0.29, 0.717) is 11.1 Å². The van der Waals surface area contributed by atoms with Gasteiger partial charge in [0.2, 0.25) is 0 Å². The molecule has 0 radical (unpaired) electrons. The van der Waals surface area contributed by atoms with Crippen molar-refractivity contribution in [3.63, 3.8) is 0 Å². The van der Waals surface area contributed by atoms with Gasteiger partial charge in [0.05, 0.1) is 5.56 Å². The van der Waals surface area contributed by atoms with E-state index in [1.807, 2.05) is 24.3 Å². The summed E-state index contributed by atoms with van der Waals surface area (Å²) in [6.45, 7) is 4.25. The average molecular weight is 372 g/mol. The fourth-order valence-corrected chi connectivity index (χ4v) is 4.09. The van der Waals surface area contributed by atoms with Crippen LogP contribution in [-0.2, 0) is 12.8 Å². The summed E-state index contributed by atoms with van der Waals surface area (Å²) in [4.78, 5) is 11.7. The van der Waals surface area contributed by atoms with Gasteiger partial charge in [0.25, 0.3) is 0 Å². The molecule has 3 aromatic carbocycles. The molecule has 1 aliphatic heterocycles. The molecule has 1 N–H and O–H groups in total. The minimum atomic E-state index is -0.925. The zero-order chi connectivity index (χ0) is 19.7. The van der Waals surface area contributed by atoms with Gasteiger partial charge in [-0.25, -0.2) is 4.79 Å². The van der Waals surface area contributed by atoms with Crippen molar-refractivity contribution in [3.05, 3.63) is 89.0 Å². The standard InChI is InChI=1S/C25H24O3/c1-17-7-5-8-18(15-17)16-25(2)14-13-19-9-6-12-21(23(19)28-25)20-10-3-4-11-22(20)24(26)27/h3-12,15H,13-14,16H2,1-2H3,(H,26,27)/t25-/m0/s1. The lowest BCUT2D eigenvalue weighted by Gasteiger charge is -2.37. The van der Waals surface area contributed by atoms with Crippen LogP contribution in [0.25, 0.3) is 11.1 Å². The highest BCUT2D eigenvalue weighted by Crippen LogP contribution is 2.42. The summed E-state index contributed by atoms with van der Waals surface area (Å²) in [6.07, 6.45) is 2.67. The van der Waals surface area contributed by atoms with Crippen LogP contribution in [0.4, 0.5) is 0 Å². The first-order valence-corrected chi connectivity index (χ1v) is 9.64. The molecule has 1 aliphatic rings. The minimum absolute atomic E-state index is 0.297. The Labute approximate surface area is 165 Å². The molecule has 0 saturated carbocycles. The van der Waals surface area contributed by atoms with Crippen molar-refractivity contribution >= 4 is 5.97 Å². The van der Waals surface area contributed by atoms with E-state index >= 15 is 0 Å². The SMILES string of the molecule is Cc1cccc(C[C@]2(C)CCc3cccc(-c4ccccc4C(=O)O)c3O2)c1. The third-order valence-electron chi connectivity index (χ3n) is 5.48. The summed E-state index contributed by atoms with van der Waals surface area (Å²) < 4.78 is 6.59. The number of para-hydroxylation sites is 1.